The normalized spacial score (nSPS) is 31.7. The Morgan fingerprint density at radius 1 is 1.29 bits per heavy atom. The van der Waals surface area contributed by atoms with Crippen LogP contribution in [-0.2, 0) is 6.42 Å². The van der Waals surface area contributed by atoms with Crippen LogP contribution in [0.1, 0.15) is 31.2 Å². The van der Waals surface area contributed by atoms with Crippen LogP contribution in [0.4, 0.5) is 5.69 Å². The summed E-state index contributed by atoms with van der Waals surface area (Å²) in [4.78, 5) is 0. The van der Waals surface area contributed by atoms with Crippen LogP contribution in [0, 0.1) is 0 Å². The fourth-order valence-corrected chi connectivity index (χ4v) is 2.98. The van der Waals surface area contributed by atoms with Crippen LogP contribution in [-0.4, -0.2) is 16.7 Å². The molecule has 0 radical (unpaired) electrons. The number of benzene rings is 1. The van der Waals surface area contributed by atoms with E-state index in [9.17, 15) is 5.11 Å². The Bertz CT molecular complexity index is 440. The predicted octanol–water partition coefficient (Wildman–Crippen LogP) is 2.88. The molecule has 2 N–H and O–H groups in total. The smallest absolute Gasteiger partial charge is 0.103 e. The predicted molar refractivity (Wildman–Crippen MR) is 70.1 cm³/mol. The zero-order chi connectivity index (χ0) is 11.7. The summed E-state index contributed by atoms with van der Waals surface area (Å²) in [6.07, 6.45) is 9.26. The summed E-state index contributed by atoms with van der Waals surface area (Å²) in [6.45, 7) is 0. The van der Waals surface area contributed by atoms with Gasteiger partial charge in [-0.05, 0) is 43.7 Å². The van der Waals surface area contributed by atoms with Crippen LogP contribution in [0.15, 0.2) is 36.4 Å². The second kappa shape index (κ2) is 4.19. The van der Waals surface area contributed by atoms with Gasteiger partial charge >= 0.3 is 0 Å². The third-order valence-electron chi connectivity index (χ3n) is 4.01. The first-order valence-corrected chi connectivity index (χ1v) is 6.52. The first-order valence-electron chi connectivity index (χ1n) is 6.52. The van der Waals surface area contributed by atoms with Crippen LogP contribution < -0.4 is 5.32 Å². The molecular formula is C15H19NO. The van der Waals surface area contributed by atoms with Crippen LogP contribution in [0.3, 0.4) is 0 Å². The third kappa shape index (κ3) is 1.98. The summed E-state index contributed by atoms with van der Waals surface area (Å²) >= 11 is 0. The van der Waals surface area contributed by atoms with Crippen LogP contribution >= 0.6 is 0 Å². The summed E-state index contributed by atoms with van der Waals surface area (Å²) < 4.78 is 0. The molecule has 1 aromatic rings. The highest BCUT2D eigenvalue weighted by Crippen LogP contribution is 2.34. The number of aliphatic hydroxyl groups is 1. The van der Waals surface area contributed by atoms with Crippen molar-refractivity contribution in [3.05, 3.63) is 42.0 Å². The topological polar surface area (TPSA) is 32.3 Å². The Hall–Kier alpha value is -1.28. The molecule has 1 aromatic carbocycles. The zero-order valence-electron chi connectivity index (χ0n) is 10.0. The SMILES string of the molecule is OC1(C2CCc3ccccc3N2)C=CCCC1. The van der Waals surface area contributed by atoms with Crippen molar-refractivity contribution in [2.45, 2.75) is 43.7 Å². The van der Waals surface area contributed by atoms with Crippen LogP contribution in [0.5, 0.6) is 0 Å². The average Bonchev–Trinajstić information content (AvgIpc) is 2.39. The monoisotopic (exact) mass is 229 g/mol. The molecule has 2 unspecified atom stereocenters. The van der Waals surface area contributed by atoms with E-state index in [-0.39, 0.29) is 6.04 Å². The van der Waals surface area contributed by atoms with E-state index in [0.29, 0.717) is 0 Å². The molecule has 0 bridgehead atoms. The van der Waals surface area contributed by atoms with Gasteiger partial charge < -0.3 is 10.4 Å². The van der Waals surface area contributed by atoms with Crippen LogP contribution in [0.2, 0.25) is 0 Å². The second-order valence-electron chi connectivity index (χ2n) is 5.18. The van der Waals surface area contributed by atoms with Gasteiger partial charge in [-0.3, -0.25) is 0 Å². The molecule has 17 heavy (non-hydrogen) atoms. The van der Waals surface area contributed by atoms with Gasteiger partial charge in [0.2, 0.25) is 0 Å². The van der Waals surface area contributed by atoms with Gasteiger partial charge in [0.25, 0.3) is 0 Å². The standard InChI is InChI=1S/C15H19NO/c17-15(10-4-1-5-11-15)14-9-8-12-6-2-3-7-13(12)16-14/h2-4,6-7,10,14,16-17H,1,5,8-9,11H2. The number of rotatable bonds is 1. The molecule has 0 saturated heterocycles. The van der Waals surface area contributed by atoms with Crippen molar-refractivity contribution in [1.29, 1.82) is 0 Å². The minimum Gasteiger partial charge on any atom is -0.384 e. The molecule has 2 atom stereocenters. The van der Waals surface area contributed by atoms with Gasteiger partial charge in [-0.1, -0.05) is 30.4 Å². The number of aryl methyl sites for hydroxylation is 1. The van der Waals surface area contributed by atoms with Gasteiger partial charge in [0, 0.05) is 5.69 Å². The van der Waals surface area contributed by atoms with Crippen molar-refractivity contribution >= 4 is 5.69 Å². The Morgan fingerprint density at radius 3 is 3.00 bits per heavy atom. The molecule has 1 heterocycles. The second-order valence-corrected chi connectivity index (χ2v) is 5.18. The van der Waals surface area contributed by atoms with Gasteiger partial charge in [-0.2, -0.15) is 0 Å². The van der Waals surface area contributed by atoms with E-state index in [2.05, 4.69) is 35.7 Å². The summed E-state index contributed by atoms with van der Waals surface area (Å²) in [6, 6.07) is 8.57. The minimum atomic E-state index is -0.647. The Morgan fingerprint density at radius 2 is 2.18 bits per heavy atom. The van der Waals surface area contributed by atoms with Gasteiger partial charge in [0.1, 0.15) is 5.60 Å². The van der Waals surface area contributed by atoms with E-state index in [1.807, 2.05) is 6.08 Å². The summed E-state index contributed by atoms with van der Waals surface area (Å²) in [5, 5.41) is 14.2. The van der Waals surface area contributed by atoms with Crippen molar-refractivity contribution in [1.82, 2.24) is 0 Å². The molecular weight excluding hydrogens is 210 g/mol. The van der Waals surface area contributed by atoms with E-state index in [0.717, 1.165) is 32.1 Å². The summed E-state index contributed by atoms with van der Waals surface area (Å²) in [5.41, 5.74) is 1.91. The Balaban J connectivity index is 1.84. The van der Waals surface area contributed by atoms with Gasteiger partial charge in [0.15, 0.2) is 0 Å². The molecule has 2 nitrogen and oxygen atoms in total. The van der Waals surface area contributed by atoms with E-state index in [1.54, 1.807) is 0 Å². The van der Waals surface area contributed by atoms with Crippen molar-refractivity contribution in [3.8, 4) is 0 Å². The Kier molecular flexibility index (Phi) is 2.67. The number of para-hydroxylation sites is 1. The van der Waals surface area contributed by atoms with Crippen molar-refractivity contribution in [2.24, 2.45) is 0 Å². The average molecular weight is 229 g/mol. The molecule has 2 aliphatic rings. The fraction of sp³-hybridized carbons (Fsp3) is 0.467. The minimum absolute atomic E-state index is 0.161. The van der Waals surface area contributed by atoms with Gasteiger partial charge in [-0.15, -0.1) is 0 Å². The van der Waals surface area contributed by atoms with Crippen molar-refractivity contribution in [3.63, 3.8) is 0 Å². The lowest BCUT2D eigenvalue weighted by molar-refractivity contribution is 0.0507. The lowest BCUT2D eigenvalue weighted by atomic mass is 9.80. The number of hydrogen-bond donors (Lipinski definition) is 2. The number of allylic oxidation sites excluding steroid dienone is 1. The number of nitrogens with one attached hydrogen (secondary N) is 1. The highest BCUT2D eigenvalue weighted by atomic mass is 16.3. The van der Waals surface area contributed by atoms with Crippen molar-refractivity contribution in [2.75, 3.05) is 5.32 Å². The Labute approximate surface area is 102 Å². The first-order chi connectivity index (χ1) is 8.28. The molecule has 0 spiro atoms. The van der Waals surface area contributed by atoms with E-state index in [4.69, 9.17) is 0 Å². The molecule has 1 aliphatic heterocycles. The molecule has 0 fully saturated rings. The summed E-state index contributed by atoms with van der Waals surface area (Å²) in [7, 11) is 0. The molecule has 1 aliphatic carbocycles. The molecule has 90 valence electrons. The maximum atomic E-state index is 10.7. The third-order valence-corrected chi connectivity index (χ3v) is 4.01. The molecule has 0 aromatic heterocycles. The number of fused-ring (bicyclic) bond motifs is 1. The molecule has 0 amide bonds. The molecule has 2 heteroatoms. The van der Waals surface area contributed by atoms with Gasteiger partial charge in [-0.25, -0.2) is 0 Å². The largest absolute Gasteiger partial charge is 0.384 e. The van der Waals surface area contributed by atoms with Crippen molar-refractivity contribution < 1.29 is 5.11 Å². The number of hydrogen-bond acceptors (Lipinski definition) is 2. The maximum absolute atomic E-state index is 10.7. The van der Waals surface area contributed by atoms with E-state index in [1.165, 1.54) is 11.3 Å². The van der Waals surface area contributed by atoms with Gasteiger partial charge in [0.05, 0.1) is 6.04 Å². The summed E-state index contributed by atoms with van der Waals surface area (Å²) in [5.74, 6) is 0. The lowest BCUT2D eigenvalue weighted by Crippen LogP contribution is -2.48. The first kappa shape index (κ1) is 10.8. The highest BCUT2D eigenvalue weighted by Gasteiger charge is 2.36. The van der Waals surface area contributed by atoms with E-state index >= 15 is 0 Å². The number of anilines is 1. The lowest BCUT2D eigenvalue weighted by Gasteiger charge is -2.39. The van der Waals surface area contributed by atoms with Crippen LogP contribution in [0.25, 0.3) is 0 Å². The molecule has 0 saturated carbocycles. The maximum Gasteiger partial charge on any atom is 0.103 e. The fourth-order valence-electron chi connectivity index (χ4n) is 2.98. The zero-order valence-corrected chi connectivity index (χ0v) is 10.0. The van der Waals surface area contributed by atoms with E-state index < -0.39 is 5.60 Å². The quantitative estimate of drug-likeness (QED) is 0.726. The highest BCUT2D eigenvalue weighted by molar-refractivity contribution is 5.54. The molecule has 3 rings (SSSR count).